The highest BCUT2D eigenvalue weighted by molar-refractivity contribution is 5.34. The monoisotopic (exact) mass is 265 g/mol. The number of rotatable bonds is 5. The van der Waals surface area contributed by atoms with Crippen molar-refractivity contribution in [3.05, 3.63) is 29.6 Å². The molecule has 1 atom stereocenters. The van der Waals surface area contributed by atoms with E-state index in [-0.39, 0.29) is 11.9 Å². The van der Waals surface area contributed by atoms with Gasteiger partial charge < -0.3 is 14.8 Å². The van der Waals surface area contributed by atoms with E-state index in [0.717, 1.165) is 30.8 Å². The molecule has 3 rings (SSSR count). The van der Waals surface area contributed by atoms with Gasteiger partial charge in [0.2, 0.25) is 0 Å². The highest BCUT2D eigenvalue weighted by Gasteiger charge is 2.22. The molecular formula is C15H20FNO2. The Morgan fingerprint density at radius 2 is 2.21 bits per heavy atom. The summed E-state index contributed by atoms with van der Waals surface area (Å²) < 4.78 is 24.7. The largest absolute Gasteiger partial charge is 0.488 e. The third-order valence-electron chi connectivity index (χ3n) is 3.59. The zero-order valence-corrected chi connectivity index (χ0v) is 11.0. The molecule has 1 heterocycles. The quantitative estimate of drug-likeness (QED) is 0.887. The lowest BCUT2D eigenvalue weighted by Gasteiger charge is -2.24. The van der Waals surface area contributed by atoms with Gasteiger partial charge in [0.15, 0.2) is 0 Å². The average molecular weight is 265 g/mol. The second-order valence-electron chi connectivity index (χ2n) is 5.36. The van der Waals surface area contributed by atoms with Crippen molar-refractivity contribution in [1.29, 1.82) is 0 Å². The first kappa shape index (κ1) is 12.9. The Hall–Kier alpha value is -1.13. The van der Waals surface area contributed by atoms with Gasteiger partial charge in [-0.05, 0) is 43.9 Å². The molecule has 2 fully saturated rings. The Morgan fingerprint density at radius 3 is 2.95 bits per heavy atom. The van der Waals surface area contributed by atoms with Crippen molar-refractivity contribution >= 4 is 0 Å². The van der Waals surface area contributed by atoms with Gasteiger partial charge in [0.1, 0.15) is 17.7 Å². The summed E-state index contributed by atoms with van der Waals surface area (Å²) in [7, 11) is 0. The van der Waals surface area contributed by atoms with Gasteiger partial charge in [-0.2, -0.15) is 0 Å². The molecule has 2 aliphatic rings. The summed E-state index contributed by atoms with van der Waals surface area (Å²) in [6.45, 7) is 2.12. The van der Waals surface area contributed by atoms with E-state index >= 15 is 0 Å². The molecule has 1 saturated heterocycles. The predicted molar refractivity (Wildman–Crippen MR) is 70.7 cm³/mol. The van der Waals surface area contributed by atoms with Crippen LogP contribution < -0.4 is 10.1 Å². The maximum atomic E-state index is 13.4. The number of nitrogens with one attached hydrogen (secondary N) is 1. The van der Waals surface area contributed by atoms with E-state index in [9.17, 15) is 4.39 Å². The SMILES string of the molecule is Fc1ccc(OC2CCCOC2)c(CNC2CC2)c1. The maximum Gasteiger partial charge on any atom is 0.124 e. The molecule has 4 heteroatoms. The molecule has 1 aliphatic heterocycles. The highest BCUT2D eigenvalue weighted by Crippen LogP contribution is 2.25. The Morgan fingerprint density at radius 1 is 1.32 bits per heavy atom. The van der Waals surface area contributed by atoms with E-state index in [0.29, 0.717) is 19.2 Å². The first-order valence-corrected chi connectivity index (χ1v) is 7.07. The van der Waals surface area contributed by atoms with Crippen LogP contribution in [0, 0.1) is 5.82 Å². The number of hydrogen-bond donors (Lipinski definition) is 1. The lowest BCUT2D eigenvalue weighted by molar-refractivity contribution is 0.00697. The van der Waals surface area contributed by atoms with E-state index in [1.165, 1.54) is 18.9 Å². The molecule has 3 nitrogen and oxygen atoms in total. The minimum atomic E-state index is -0.208. The third kappa shape index (κ3) is 3.67. The molecule has 0 amide bonds. The molecule has 0 radical (unpaired) electrons. The highest BCUT2D eigenvalue weighted by atomic mass is 19.1. The summed E-state index contributed by atoms with van der Waals surface area (Å²) in [5.74, 6) is 0.574. The van der Waals surface area contributed by atoms with E-state index in [1.54, 1.807) is 12.1 Å². The van der Waals surface area contributed by atoms with Crippen LogP contribution in [0.2, 0.25) is 0 Å². The van der Waals surface area contributed by atoms with Gasteiger partial charge in [0, 0.05) is 24.8 Å². The van der Waals surface area contributed by atoms with Gasteiger partial charge in [0.05, 0.1) is 6.61 Å². The molecule has 1 unspecified atom stereocenters. The molecule has 0 spiro atoms. The van der Waals surface area contributed by atoms with Crippen LogP contribution >= 0.6 is 0 Å². The minimum Gasteiger partial charge on any atom is -0.488 e. The van der Waals surface area contributed by atoms with E-state index in [4.69, 9.17) is 9.47 Å². The van der Waals surface area contributed by atoms with Crippen molar-refractivity contribution in [3.8, 4) is 5.75 Å². The van der Waals surface area contributed by atoms with Crippen molar-refractivity contribution in [1.82, 2.24) is 5.32 Å². The van der Waals surface area contributed by atoms with Crippen LogP contribution in [0.1, 0.15) is 31.2 Å². The molecule has 19 heavy (non-hydrogen) atoms. The van der Waals surface area contributed by atoms with Crippen molar-refractivity contribution in [3.63, 3.8) is 0 Å². The van der Waals surface area contributed by atoms with Crippen molar-refractivity contribution in [2.75, 3.05) is 13.2 Å². The standard InChI is InChI=1S/C15H20FNO2/c16-12-3-6-15(19-14-2-1-7-18-10-14)11(8-12)9-17-13-4-5-13/h3,6,8,13-14,17H,1-2,4-5,7,9-10H2. The van der Waals surface area contributed by atoms with E-state index in [1.807, 2.05) is 0 Å². The van der Waals surface area contributed by atoms with Crippen LogP contribution in [0.15, 0.2) is 18.2 Å². The zero-order valence-electron chi connectivity index (χ0n) is 11.0. The molecule has 1 aromatic carbocycles. The Balaban J connectivity index is 1.66. The molecule has 1 saturated carbocycles. The van der Waals surface area contributed by atoms with Crippen LogP contribution in [0.5, 0.6) is 5.75 Å². The third-order valence-corrected chi connectivity index (χ3v) is 3.59. The lowest BCUT2D eigenvalue weighted by atomic mass is 10.1. The Labute approximate surface area is 113 Å². The summed E-state index contributed by atoms with van der Waals surface area (Å²) in [5, 5.41) is 3.40. The van der Waals surface area contributed by atoms with Crippen LogP contribution in [0.4, 0.5) is 4.39 Å². The molecule has 0 bridgehead atoms. The maximum absolute atomic E-state index is 13.4. The first-order valence-electron chi connectivity index (χ1n) is 7.07. The summed E-state index contributed by atoms with van der Waals surface area (Å²) in [4.78, 5) is 0. The first-order chi connectivity index (χ1) is 9.31. The predicted octanol–water partition coefficient (Wildman–Crippen LogP) is 2.64. The smallest absolute Gasteiger partial charge is 0.124 e. The molecule has 1 N–H and O–H groups in total. The van der Waals surface area contributed by atoms with Gasteiger partial charge in [-0.15, -0.1) is 0 Å². The average Bonchev–Trinajstić information content (AvgIpc) is 3.24. The van der Waals surface area contributed by atoms with Gasteiger partial charge in [-0.1, -0.05) is 0 Å². The van der Waals surface area contributed by atoms with Gasteiger partial charge >= 0.3 is 0 Å². The van der Waals surface area contributed by atoms with Crippen molar-refractivity contribution < 1.29 is 13.9 Å². The van der Waals surface area contributed by atoms with Crippen LogP contribution in [0.25, 0.3) is 0 Å². The normalized spacial score (nSPS) is 23.3. The summed E-state index contributed by atoms with van der Waals surface area (Å²) in [6.07, 6.45) is 4.58. The fraction of sp³-hybridized carbons (Fsp3) is 0.600. The second-order valence-corrected chi connectivity index (χ2v) is 5.36. The Bertz CT molecular complexity index is 428. The summed E-state index contributed by atoms with van der Waals surface area (Å²) >= 11 is 0. The fourth-order valence-electron chi connectivity index (χ4n) is 2.33. The summed E-state index contributed by atoms with van der Waals surface area (Å²) in [5.41, 5.74) is 0.900. The zero-order chi connectivity index (χ0) is 13.1. The van der Waals surface area contributed by atoms with Gasteiger partial charge in [-0.25, -0.2) is 4.39 Å². The van der Waals surface area contributed by atoms with E-state index < -0.39 is 0 Å². The van der Waals surface area contributed by atoms with Crippen LogP contribution in [-0.2, 0) is 11.3 Å². The molecule has 0 aromatic heterocycles. The van der Waals surface area contributed by atoms with Crippen molar-refractivity contribution in [2.45, 2.75) is 44.4 Å². The number of benzene rings is 1. The topological polar surface area (TPSA) is 30.5 Å². The van der Waals surface area contributed by atoms with Gasteiger partial charge in [-0.3, -0.25) is 0 Å². The van der Waals surface area contributed by atoms with Crippen LogP contribution in [0.3, 0.4) is 0 Å². The second kappa shape index (κ2) is 5.88. The fourth-order valence-corrected chi connectivity index (χ4v) is 2.33. The number of hydrogen-bond acceptors (Lipinski definition) is 3. The molecule has 1 aliphatic carbocycles. The molecular weight excluding hydrogens is 245 g/mol. The molecule has 1 aromatic rings. The molecule has 104 valence electrons. The minimum absolute atomic E-state index is 0.0962. The lowest BCUT2D eigenvalue weighted by Crippen LogP contribution is -2.28. The summed E-state index contributed by atoms with van der Waals surface area (Å²) in [6, 6.07) is 5.36. The van der Waals surface area contributed by atoms with Crippen molar-refractivity contribution in [2.24, 2.45) is 0 Å². The number of halogens is 1. The number of ether oxygens (including phenoxy) is 2. The van der Waals surface area contributed by atoms with Crippen LogP contribution in [-0.4, -0.2) is 25.4 Å². The Kier molecular flexibility index (Phi) is 3.99. The van der Waals surface area contributed by atoms with E-state index in [2.05, 4.69) is 5.32 Å². The van der Waals surface area contributed by atoms with Gasteiger partial charge in [0.25, 0.3) is 0 Å².